The minimum atomic E-state index is 0.136. The Bertz CT molecular complexity index is 514. The zero-order valence-corrected chi connectivity index (χ0v) is 13.4. The predicted octanol–water partition coefficient (Wildman–Crippen LogP) is 2.09. The average molecular weight is 303 g/mol. The second kappa shape index (κ2) is 6.80. The molecule has 1 N–H and O–H groups in total. The summed E-state index contributed by atoms with van der Waals surface area (Å²) in [5.41, 5.74) is 2.46. The molecular weight excluding hydrogens is 278 g/mol. The number of methoxy groups -OCH3 is 1. The van der Waals surface area contributed by atoms with Gasteiger partial charge in [-0.1, -0.05) is 29.8 Å². The Hall–Kier alpha value is -1.39. The van der Waals surface area contributed by atoms with Crippen molar-refractivity contribution in [3.63, 3.8) is 0 Å². The van der Waals surface area contributed by atoms with Crippen LogP contribution in [-0.2, 0) is 20.7 Å². The van der Waals surface area contributed by atoms with Crippen LogP contribution in [0, 0.1) is 18.8 Å². The molecule has 3 rings (SSSR count). The van der Waals surface area contributed by atoms with Crippen molar-refractivity contribution in [1.82, 2.24) is 5.32 Å². The van der Waals surface area contributed by atoms with E-state index in [1.54, 1.807) is 7.11 Å². The molecule has 1 saturated carbocycles. The summed E-state index contributed by atoms with van der Waals surface area (Å²) in [7, 11) is 1.71. The zero-order chi connectivity index (χ0) is 15.5. The van der Waals surface area contributed by atoms with Gasteiger partial charge in [-0.05, 0) is 25.3 Å². The molecular formula is C18H25NO3. The van der Waals surface area contributed by atoms with Crippen molar-refractivity contribution in [3.8, 4) is 0 Å². The molecule has 2 fully saturated rings. The summed E-state index contributed by atoms with van der Waals surface area (Å²) in [5.74, 6) is 0.918. The molecule has 4 heteroatoms. The van der Waals surface area contributed by atoms with E-state index >= 15 is 0 Å². The van der Waals surface area contributed by atoms with Crippen LogP contribution in [0.1, 0.15) is 24.0 Å². The van der Waals surface area contributed by atoms with E-state index in [2.05, 4.69) is 36.5 Å². The fourth-order valence-corrected chi connectivity index (χ4v) is 3.71. The van der Waals surface area contributed by atoms with Gasteiger partial charge >= 0.3 is 0 Å². The second-order valence-electron chi connectivity index (χ2n) is 6.49. The maximum absolute atomic E-state index is 12.2. The number of fused-ring (bicyclic) bond motifs is 1. The average Bonchev–Trinajstić information content (AvgIpc) is 2.94. The van der Waals surface area contributed by atoms with Crippen LogP contribution in [-0.4, -0.2) is 38.4 Å². The van der Waals surface area contributed by atoms with Crippen LogP contribution in [0.25, 0.3) is 0 Å². The summed E-state index contributed by atoms with van der Waals surface area (Å²) >= 11 is 0. The second-order valence-corrected chi connectivity index (χ2v) is 6.49. The molecule has 22 heavy (non-hydrogen) atoms. The van der Waals surface area contributed by atoms with Crippen LogP contribution < -0.4 is 5.32 Å². The van der Waals surface area contributed by atoms with Gasteiger partial charge in [-0.25, -0.2) is 0 Å². The molecule has 0 spiro atoms. The van der Waals surface area contributed by atoms with Gasteiger partial charge in [0, 0.05) is 38.0 Å². The normalized spacial score (nSPS) is 29.7. The SMILES string of the molecule is COC[C@@H]1[C@H](NC(=O)CCc2ccc(C)cc2)[C@H]2CCO[C@H]21. The number of rotatable bonds is 6. The summed E-state index contributed by atoms with van der Waals surface area (Å²) in [6.07, 6.45) is 2.66. The lowest BCUT2D eigenvalue weighted by atomic mass is 9.67. The van der Waals surface area contributed by atoms with E-state index < -0.39 is 0 Å². The number of amides is 1. The molecule has 0 aromatic heterocycles. The first-order chi connectivity index (χ1) is 10.7. The van der Waals surface area contributed by atoms with Crippen molar-refractivity contribution < 1.29 is 14.3 Å². The van der Waals surface area contributed by atoms with Crippen LogP contribution in [0.3, 0.4) is 0 Å². The summed E-state index contributed by atoms with van der Waals surface area (Å²) < 4.78 is 11.0. The van der Waals surface area contributed by atoms with E-state index in [1.165, 1.54) is 11.1 Å². The third kappa shape index (κ3) is 3.18. The number of aryl methyl sites for hydroxylation is 2. The number of ether oxygens (including phenoxy) is 2. The lowest BCUT2D eigenvalue weighted by Crippen LogP contribution is -2.62. The van der Waals surface area contributed by atoms with Crippen molar-refractivity contribution in [3.05, 3.63) is 35.4 Å². The third-order valence-corrected chi connectivity index (χ3v) is 4.98. The number of hydrogen-bond acceptors (Lipinski definition) is 3. The fraction of sp³-hybridized carbons (Fsp3) is 0.611. The fourth-order valence-electron chi connectivity index (χ4n) is 3.71. The Labute approximate surface area is 132 Å². The molecule has 4 atom stereocenters. The highest BCUT2D eigenvalue weighted by atomic mass is 16.5. The van der Waals surface area contributed by atoms with E-state index in [1.807, 2.05) is 0 Å². The Morgan fingerprint density at radius 3 is 2.86 bits per heavy atom. The molecule has 1 heterocycles. The molecule has 2 aliphatic rings. The van der Waals surface area contributed by atoms with Crippen molar-refractivity contribution >= 4 is 5.91 Å². The zero-order valence-electron chi connectivity index (χ0n) is 13.4. The van der Waals surface area contributed by atoms with Crippen LogP contribution in [0.2, 0.25) is 0 Å². The van der Waals surface area contributed by atoms with Crippen LogP contribution in [0.15, 0.2) is 24.3 Å². The molecule has 1 aromatic rings. The Balaban J connectivity index is 1.49. The summed E-state index contributed by atoms with van der Waals surface area (Å²) in [6.45, 7) is 3.54. The van der Waals surface area contributed by atoms with Gasteiger partial charge in [0.15, 0.2) is 0 Å². The van der Waals surface area contributed by atoms with Crippen molar-refractivity contribution in [2.45, 2.75) is 38.3 Å². The standard InChI is InChI=1S/C18H25NO3/c1-12-3-5-13(6-4-12)7-8-16(20)19-17-14-9-10-22-18(14)15(17)11-21-2/h3-6,14-15,17-18H,7-11H2,1-2H3,(H,19,20)/t14-,15-,17-,18-/m1/s1. The van der Waals surface area contributed by atoms with E-state index in [0.29, 0.717) is 24.9 Å². The van der Waals surface area contributed by atoms with Crippen molar-refractivity contribution in [2.75, 3.05) is 20.3 Å². The van der Waals surface area contributed by atoms with Gasteiger partial charge in [0.25, 0.3) is 0 Å². The predicted molar refractivity (Wildman–Crippen MR) is 84.6 cm³/mol. The Morgan fingerprint density at radius 2 is 2.14 bits per heavy atom. The summed E-state index contributed by atoms with van der Waals surface area (Å²) in [4.78, 5) is 12.2. The Morgan fingerprint density at radius 1 is 1.36 bits per heavy atom. The highest BCUT2D eigenvalue weighted by molar-refractivity contribution is 5.76. The molecule has 1 aliphatic heterocycles. The van der Waals surface area contributed by atoms with E-state index in [4.69, 9.17) is 9.47 Å². The van der Waals surface area contributed by atoms with E-state index in [9.17, 15) is 4.79 Å². The Kier molecular flexibility index (Phi) is 4.79. The first kappa shape index (κ1) is 15.5. The molecule has 1 saturated heterocycles. The first-order valence-corrected chi connectivity index (χ1v) is 8.14. The minimum Gasteiger partial charge on any atom is -0.384 e. The van der Waals surface area contributed by atoms with Gasteiger partial charge in [0.2, 0.25) is 5.91 Å². The number of carbonyl (C=O) groups excluding carboxylic acids is 1. The first-order valence-electron chi connectivity index (χ1n) is 8.14. The van der Waals surface area contributed by atoms with Gasteiger partial charge in [-0.3, -0.25) is 4.79 Å². The summed E-state index contributed by atoms with van der Waals surface area (Å²) in [5, 5.41) is 3.21. The number of nitrogens with one attached hydrogen (secondary N) is 1. The lowest BCUT2D eigenvalue weighted by molar-refractivity contribution is -0.129. The molecule has 4 nitrogen and oxygen atoms in total. The molecule has 0 unspecified atom stereocenters. The molecule has 1 amide bonds. The largest absolute Gasteiger partial charge is 0.384 e. The molecule has 120 valence electrons. The van der Waals surface area contributed by atoms with Gasteiger partial charge in [-0.2, -0.15) is 0 Å². The minimum absolute atomic E-state index is 0.136. The van der Waals surface area contributed by atoms with Gasteiger partial charge in [0.1, 0.15) is 0 Å². The van der Waals surface area contributed by atoms with Crippen LogP contribution in [0.4, 0.5) is 0 Å². The maximum atomic E-state index is 12.2. The smallest absolute Gasteiger partial charge is 0.220 e. The highest BCUT2D eigenvalue weighted by Crippen LogP contribution is 2.43. The quantitative estimate of drug-likeness (QED) is 0.875. The molecule has 1 aromatic carbocycles. The van der Waals surface area contributed by atoms with Gasteiger partial charge in [-0.15, -0.1) is 0 Å². The lowest BCUT2D eigenvalue weighted by Gasteiger charge is -2.47. The number of carbonyl (C=O) groups is 1. The monoisotopic (exact) mass is 303 g/mol. The highest BCUT2D eigenvalue weighted by Gasteiger charge is 2.54. The number of benzene rings is 1. The molecule has 1 aliphatic carbocycles. The van der Waals surface area contributed by atoms with Gasteiger partial charge in [0.05, 0.1) is 12.7 Å². The third-order valence-electron chi connectivity index (χ3n) is 4.98. The van der Waals surface area contributed by atoms with Gasteiger partial charge < -0.3 is 14.8 Å². The summed E-state index contributed by atoms with van der Waals surface area (Å²) in [6, 6.07) is 8.60. The van der Waals surface area contributed by atoms with Crippen molar-refractivity contribution in [1.29, 1.82) is 0 Å². The number of hydrogen-bond donors (Lipinski definition) is 1. The maximum Gasteiger partial charge on any atom is 0.220 e. The van der Waals surface area contributed by atoms with E-state index in [0.717, 1.165) is 19.4 Å². The topological polar surface area (TPSA) is 47.6 Å². The molecule has 0 bridgehead atoms. The van der Waals surface area contributed by atoms with Crippen LogP contribution >= 0.6 is 0 Å². The molecule has 0 radical (unpaired) electrons. The van der Waals surface area contributed by atoms with Crippen LogP contribution in [0.5, 0.6) is 0 Å². The van der Waals surface area contributed by atoms with Crippen molar-refractivity contribution in [2.24, 2.45) is 11.8 Å². The van der Waals surface area contributed by atoms with E-state index in [-0.39, 0.29) is 18.1 Å².